The van der Waals surface area contributed by atoms with Crippen molar-refractivity contribution in [3.05, 3.63) is 52.7 Å². The second kappa shape index (κ2) is 6.97. The van der Waals surface area contributed by atoms with Crippen LogP contribution in [0.1, 0.15) is 20.8 Å². The number of carboxylic acids is 1. The van der Waals surface area contributed by atoms with Gasteiger partial charge in [0.25, 0.3) is 5.91 Å². The summed E-state index contributed by atoms with van der Waals surface area (Å²) in [4.78, 5) is 27.0. The average molecular weight is 375 g/mol. The molecule has 0 unspecified atom stereocenters. The van der Waals surface area contributed by atoms with Crippen molar-refractivity contribution in [1.29, 1.82) is 0 Å². The van der Waals surface area contributed by atoms with Gasteiger partial charge in [-0.3, -0.25) is 4.79 Å². The number of amides is 1. The molecular formula is C18H15ClN2O5. The van der Waals surface area contributed by atoms with Crippen LogP contribution in [-0.2, 0) is 0 Å². The summed E-state index contributed by atoms with van der Waals surface area (Å²) in [5.74, 6) is -1.17. The Labute approximate surface area is 153 Å². The summed E-state index contributed by atoms with van der Waals surface area (Å²) in [6.45, 7) is 0. The van der Waals surface area contributed by atoms with Gasteiger partial charge < -0.3 is 24.9 Å². The molecule has 0 fully saturated rings. The molecule has 3 rings (SSSR count). The first-order valence-electron chi connectivity index (χ1n) is 7.52. The number of anilines is 1. The van der Waals surface area contributed by atoms with E-state index in [0.717, 1.165) is 5.39 Å². The number of nitrogens with one attached hydrogen (secondary N) is 2. The van der Waals surface area contributed by atoms with Gasteiger partial charge in [0.15, 0.2) is 11.5 Å². The van der Waals surface area contributed by atoms with Crippen molar-refractivity contribution >= 4 is 40.1 Å². The molecule has 0 aliphatic rings. The topological polar surface area (TPSA) is 101 Å². The van der Waals surface area contributed by atoms with Crippen LogP contribution in [0.2, 0.25) is 5.02 Å². The number of aromatic amines is 1. The van der Waals surface area contributed by atoms with E-state index in [1.807, 2.05) is 6.07 Å². The highest BCUT2D eigenvalue weighted by molar-refractivity contribution is 6.35. The molecule has 0 aliphatic carbocycles. The summed E-state index contributed by atoms with van der Waals surface area (Å²) in [7, 11) is 2.82. The minimum Gasteiger partial charge on any atom is -0.493 e. The van der Waals surface area contributed by atoms with Crippen LogP contribution in [0.4, 0.5) is 5.69 Å². The Kier molecular flexibility index (Phi) is 4.73. The number of halogens is 1. The number of rotatable bonds is 5. The summed E-state index contributed by atoms with van der Waals surface area (Å²) in [6.07, 6.45) is 0. The van der Waals surface area contributed by atoms with Crippen molar-refractivity contribution in [2.75, 3.05) is 19.5 Å². The zero-order chi connectivity index (χ0) is 18.8. The number of aromatic carboxylic acids is 1. The Morgan fingerprint density at radius 2 is 1.81 bits per heavy atom. The first kappa shape index (κ1) is 17.6. The lowest BCUT2D eigenvalue weighted by Gasteiger charge is -2.13. The van der Waals surface area contributed by atoms with E-state index in [2.05, 4.69) is 10.3 Å². The Morgan fingerprint density at radius 1 is 1.12 bits per heavy atom. The van der Waals surface area contributed by atoms with Gasteiger partial charge in [-0.05, 0) is 12.1 Å². The fourth-order valence-electron chi connectivity index (χ4n) is 2.59. The molecule has 1 amide bonds. The summed E-state index contributed by atoms with van der Waals surface area (Å²) < 4.78 is 10.3. The fraction of sp³-hybridized carbons (Fsp3) is 0.111. The molecule has 134 valence electrons. The van der Waals surface area contributed by atoms with Gasteiger partial charge in [-0.25, -0.2) is 4.79 Å². The number of H-pyrrole nitrogens is 1. The Hall–Kier alpha value is -3.19. The summed E-state index contributed by atoms with van der Waals surface area (Å²) in [5, 5.41) is 13.3. The zero-order valence-electron chi connectivity index (χ0n) is 13.9. The van der Waals surface area contributed by atoms with E-state index in [1.165, 1.54) is 26.4 Å². The molecule has 8 heteroatoms. The van der Waals surface area contributed by atoms with Gasteiger partial charge in [-0.1, -0.05) is 23.7 Å². The monoisotopic (exact) mass is 374 g/mol. The number of benzene rings is 2. The number of aromatic nitrogens is 1. The molecule has 2 aromatic carbocycles. The third-order valence-corrected chi connectivity index (χ3v) is 4.17. The molecule has 0 saturated heterocycles. The van der Waals surface area contributed by atoms with Crippen LogP contribution in [0, 0.1) is 0 Å². The summed E-state index contributed by atoms with van der Waals surface area (Å²) in [6, 6.07) is 9.62. The molecule has 0 saturated carbocycles. The van der Waals surface area contributed by atoms with Crippen LogP contribution in [0.3, 0.4) is 0 Å². The highest BCUT2D eigenvalue weighted by Gasteiger charge is 2.19. The molecule has 0 bridgehead atoms. The molecule has 1 heterocycles. The number of para-hydroxylation sites is 1. The summed E-state index contributed by atoms with van der Waals surface area (Å²) >= 11 is 6.10. The molecule has 0 radical (unpaired) electrons. The van der Waals surface area contributed by atoms with E-state index in [0.29, 0.717) is 16.3 Å². The molecular weight excluding hydrogens is 360 g/mol. The maximum absolute atomic E-state index is 12.6. The summed E-state index contributed by atoms with van der Waals surface area (Å²) in [5.41, 5.74) is 0.847. The normalized spacial score (nSPS) is 10.6. The van der Waals surface area contributed by atoms with Crippen molar-refractivity contribution in [2.45, 2.75) is 0 Å². The van der Waals surface area contributed by atoms with Crippen LogP contribution in [0.25, 0.3) is 10.9 Å². The Balaban J connectivity index is 1.99. The average Bonchev–Trinajstić information content (AvgIpc) is 3.07. The molecule has 7 nitrogen and oxygen atoms in total. The molecule has 3 aromatic rings. The maximum Gasteiger partial charge on any atom is 0.337 e. The van der Waals surface area contributed by atoms with Gasteiger partial charge in [-0.2, -0.15) is 0 Å². The lowest BCUT2D eigenvalue weighted by molar-refractivity contribution is 0.0697. The molecule has 3 N–H and O–H groups in total. The van der Waals surface area contributed by atoms with Crippen LogP contribution < -0.4 is 14.8 Å². The number of fused-ring (bicyclic) bond motifs is 1. The van der Waals surface area contributed by atoms with Gasteiger partial charge >= 0.3 is 5.97 Å². The lowest BCUT2D eigenvalue weighted by atomic mass is 10.1. The minimum atomic E-state index is -1.21. The van der Waals surface area contributed by atoms with E-state index < -0.39 is 11.9 Å². The fourth-order valence-corrected chi connectivity index (χ4v) is 2.82. The predicted molar refractivity (Wildman–Crippen MR) is 97.8 cm³/mol. The van der Waals surface area contributed by atoms with E-state index in [1.54, 1.807) is 18.2 Å². The smallest absolute Gasteiger partial charge is 0.337 e. The zero-order valence-corrected chi connectivity index (χ0v) is 14.7. The number of hydrogen-bond acceptors (Lipinski definition) is 4. The van der Waals surface area contributed by atoms with E-state index >= 15 is 0 Å². The highest BCUT2D eigenvalue weighted by atomic mass is 35.5. The number of carbonyl (C=O) groups excluding carboxylic acids is 1. The predicted octanol–water partition coefficient (Wildman–Crippen LogP) is 3.79. The third kappa shape index (κ3) is 3.16. The largest absolute Gasteiger partial charge is 0.493 e. The van der Waals surface area contributed by atoms with Gasteiger partial charge in [0.1, 0.15) is 5.69 Å². The van der Waals surface area contributed by atoms with Gasteiger partial charge in [0.05, 0.1) is 36.0 Å². The van der Waals surface area contributed by atoms with Crippen molar-refractivity contribution in [3.8, 4) is 11.5 Å². The first-order chi connectivity index (χ1) is 12.4. The van der Waals surface area contributed by atoms with Gasteiger partial charge in [0.2, 0.25) is 0 Å². The van der Waals surface area contributed by atoms with Crippen LogP contribution in [-0.4, -0.2) is 36.2 Å². The Bertz CT molecular complexity index is 1010. The van der Waals surface area contributed by atoms with Crippen molar-refractivity contribution in [3.63, 3.8) is 0 Å². The van der Waals surface area contributed by atoms with Crippen LogP contribution in [0.5, 0.6) is 11.5 Å². The van der Waals surface area contributed by atoms with Crippen molar-refractivity contribution in [2.24, 2.45) is 0 Å². The minimum absolute atomic E-state index is 0.0879. The van der Waals surface area contributed by atoms with E-state index in [4.69, 9.17) is 21.1 Å². The Morgan fingerprint density at radius 3 is 2.42 bits per heavy atom. The van der Waals surface area contributed by atoms with E-state index in [-0.39, 0.29) is 22.7 Å². The number of methoxy groups -OCH3 is 2. The van der Waals surface area contributed by atoms with Gasteiger partial charge in [0, 0.05) is 17.5 Å². The standard InChI is InChI=1S/C18H15ClN2O5/c1-25-14-7-10(18(23)24)12(8-15(14)26-2)21-17(22)13-6-9-4-3-5-11(19)16(9)20-13/h3-8,20H,1-2H3,(H,21,22)(H,23,24). The number of carbonyl (C=O) groups is 2. The number of hydrogen-bond donors (Lipinski definition) is 3. The lowest BCUT2D eigenvalue weighted by Crippen LogP contribution is -2.15. The highest BCUT2D eigenvalue weighted by Crippen LogP contribution is 2.34. The molecule has 0 spiro atoms. The van der Waals surface area contributed by atoms with Crippen LogP contribution >= 0.6 is 11.6 Å². The molecule has 1 aromatic heterocycles. The SMILES string of the molecule is COc1cc(NC(=O)c2cc3cccc(Cl)c3[nH]2)c(C(=O)O)cc1OC. The van der Waals surface area contributed by atoms with Crippen LogP contribution in [0.15, 0.2) is 36.4 Å². The third-order valence-electron chi connectivity index (χ3n) is 3.85. The first-order valence-corrected chi connectivity index (χ1v) is 7.90. The maximum atomic E-state index is 12.6. The molecule has 26 heavy (non-hydrogen) atoms. The van der Waals surface area contributed by atoms with E-state index in [9.17, 15) is 14.7 Å². The van der Waals surface area contributed by atoms with Crippen molar-refractivity contribution in [1.82, 2.24) is 4.98 Å². The quantitative estimate of drug-likeness (QED) is 0.630. The molecule has 0 atom stereocenters. The molecule has 0 aliphatic heterocycles. The van der Waals surface area contributed by atoms with Crippen molar-refractivity contribution < 1.29 is 24.2 Å². The van der Waals surface area contributed by atoms with Gasteiger partial charge in [-0.15, -0.1) is 0 Å². The number of ether oxygens (including phenoxy) is 2. The second-order valence-electron chi connectivity index (χ2n) is 5.40. The second-order valence-corrected chi connectivity index (χ2v) is 5.81. The number of carboxylic acid groups (broad SMARTS) is 1.